The minimum atomic E-state index is -0.475. The zero-order valence-electron chi connectivity index (χ0n) is 13.6. The molecule has 0 spiro atoms. The fourth-order valence-electron chi connectivity index (χ4n) is 3.45. The summed E-state index contributed by atoms with van der Waals surface area (Å²) in [5.41, 5.74) is 1.43. The normalized spacial score (nSPS) is 20.2. The third-order valence-electron chi connectivity index (χ3n) is 5.35. The minimum Gasteiger partial charge on any atom is -0.496 e. The van der Waals surface area contributed by atoms with Crippen LogP contribution in [-0.2, 0) is 0 Å². The van der Waals surface area contributed by atoms with Crippen LogP contribution in [0.1, 0.15) is 51.2 Å². The highest BCUT2D eigenvalue weighted by atomic mass is 16.5. The summed E-state index contributed by atoms with van der Waals surface area (Å²) in [6.07, 6.45) is 4.56. The van der Waals surface area contributed by atoms with Crippen molar-refractivity contribution in [1.82, 2.24) is 4.90 Å². The van der Waals surface area contributed by atoms with Gasteiger partial charge in [-0.1, -0.05) is 44.9 Å². The van der Waals surface area contributed by atoms with E-state index in [0.717, 1.165) is 24.4 Å². The number of piperidine rings is 1. The number of methoxy groups -OCH3 is 1. The lowest BCUT2D eigenvalue weighted by Gasteiger charge is -2.41. The highest BCUT2D eigenvalue weighted by Gasteiger charge is 2.31. The molecule has 1 aliphatic rings. The Morgan fingerprint density at radius 2 is 1.81 bits per heavy atom. The van der Waals surface area contributed by atoms with Gasteiger partial charge in [-0.3, -0.25) is 0 Å². The van der Waals surface area contributed by atoms with Crippen molar-refractivity contribution < 1.29 is 9.84 Å². The number of benzene rings is 1. The van der Waals surface area contributed by atoms with Crippen LogP contribution in [0, 0.1) is 5.41 Å². The van der Waals surface area contributed by atoms with E-state index in [1.165, 1.54) is 25.7 Å². The Morgan fingerprint density at radius 3 is 2.38 bits per heavy atom. The van der Waals surface area contributed by atoms with Crippen LogP contribution in [0.25, 0.3) is 0 Å². The quantitative estimate of drug-likeness (QED) is 0.868. The lowest BCUT2D eigenvalue weighted by Crippen LogP contribution is -2.41. The molecular weight excluding hydrogens is 262 g/mol. The van der Waals surface area contributed by atoms with Gasteiger partial charge in [-0.05, 0) is 37.4 Å². The predicted molar refractivity (Wildman–Crippen MR) is 86.6 cm³/mol. The van der Waals surface area contributed by atoms with E-state index < -0.39 is 6.10 Å². The van der Waals surface area contributed by atoms with Crippen LogP contribution >= 0.6 is 0 Å². The molecule has 0 radical (unpaired) electrons. The first kappa shape index (κ1) is 16.3. The van der Waals surface area contributed by atoms with Crippen molar-refractivity contribution in [3.05, 3.63) is 29.8 Å². The highest BCUT2D eigenvalue weighted by Crippen LogP contribution is 2.38. The average molecular weight is 291 g/mol. The van der Waals surface area contributed by atoms with Gasteiger partial charge in [0.15, 0.2) is 0 Å². The number of likely N-dealkylation sites (tertiary alicyclic amines) is 1. The molecule has 1 aromatic rings. The maximum absolute atomic E-state index is 10.5. The Labute approximate surface area is 128 Å². The summed E-state index contributed by atoms with van der Waals surface area (Å²) < 4.78 is 5.34. The second-order valence-electron chi connectivity index (χ2n) is 6.27. The van der Waals surface area contributed by atoms with Crippen molar-refractivity contribution in [2.24, 2.45) is 5.41 Å². The lowest BCUT2D eigenvalue weighted by atomic mass is 9.74. The molecule has 0 bridgehead atoms. The van der Waals surface area contributed by atoms with E-state index in [-0.39, 0.29) is 0 Å². The molecule has 1 N–H and O–H groups in total. The van der Waals surface area contributed by atoms with E-state index in [1.54, 1.807) is 7.11 Å². The van der Waals surface area contributed by atoms with Crippen LogP contribution in [-0.4, -0.2) is 36.8 Å². The predicted octanol–water partition coefficient (Wildman–Crippen LogP) is 3.63. The van der Waals surface area contributed by atoms with Crippen molar-refractivity contribution in [2.75, 3.05) is 26.7 Å². The number of para-hydroxylation sites is 1. The van der Waals surface area contributed by atoms with Crippen LogP contribution in [0.3, 0.4) is 0 Å². The fraction of sp³-hybridized carbons (Fsp3) is 0.667. The molecule has 0 aliphatic carbocycles. The van der Waals surface area contributed by atoms with Crippen molar-refractivity contribution in [2.45, 2.75) is 45.6 Å². The molecule has 1 saturated heterocycles. The van der Waals surface area contributed by atoms with Gasteiger partial charge in [0, 0.05) is 12.1 Å². The van der Waals surface area contributed by atoms with E-state index in [4.69, 9.17) is 4.74 Å². The second-order valence-corrected chi connectivity index (χ2v) is 6.27. The summed E-state index contributed by atoms with van der Waals surface area (Å²) >= 11 is 0. The third kappa shape index (κ3) is 3.78. The Bertz CT molecular complexity index is 433. The number of hydrogen-bond acceptors (Lipinski definition) is 3. The van der Waals surface area contributed by atoms with E-state index in [2.05, 4.69) is 18.7 Å². The molecular formula is C18H29NO2. The van der Waals surface area contributed by atoms with Crippen LogP contribution in [0.2, 0.25) is 0 Å². The molecule has 1 atom stereocenters. The number of hydrogen-bond donors (Lipinski definition) is 1. The molecule has 1 fully saturated rings. The van der Waals surface area contributed by atoms with Crippen LogP contribution in [0.4, 0.5) is 0 Å². The molecule has 118 valence electrons. The molecule has 1 aliphatic heterocycles. The van der Waals surface area contributed by atoms with Gasteiger partial charge in [-0.15, -0.1) is 0 Å². The molecule has 1 unspecified atom stereocenters. The van der Waals surface area contributed by atoms with E-state index >= 15 is 0 Å². The highest BCUT2D eigenvalue weighted by molar-refractivity contribution is 5.35. The van der Waals surface area contributed by atoms with E-state index in [9.17, 15) is 5.11 Å². The maximum atomic E-state index is 10.5. The van der Waals surface area contributed by atoms with Crippen molar-refractivity contribution in [3.63, 3.8) is 0 Å². The first-order valence-corrected chi connectivity index (χ1v) is 8.17. The minimum absolute atomic E-state index is 0.475. The van der Waals surface area contributed by atoms with Crippen LogP contribution < -0.4 is 4.74 Å². The van der Waals surface area contributed by atoms with Gasteiger partial charge in [-0.25, -0.2) is 0 Å². The van der Waals surface area contributed by atoms with Gasteiger partial charge in [0.2, 0.25) is 0 Å². The largest absolute Gasteiger partial charge is 0.496 e. The Kier molecular flexibility index (Phi) is 5.65. The Hall–Kier alpha value is -1.06. The summed E-state index contributed by atoms with van der Waals surface area (Å²) in [5, 5.41) is 10.5. The van der Waals surface area contributed by atoms with Gasteiger partial charge < -0.3 is 14.7 Å². The third-order valence-corrected chi connectivity index (χ3v) is 5.35. The van der Waals surface area contributed by atoms with Gasteiger partial charge in [0.05, 0.1) is 13.2 Å². The SMILES string of the molecule is CCC1(CC)CCN(CC(O)c2ccccc2OC)CC1. The molecule has 0 saturated carbocycles. The molecule has 2 rings (SSSR count). The summed E-state index contributed by atoms with van der Waals surface area (Å²) in [4.78, 5) is 2.39. The zero-order chi connectivity index (χ0) is 15.3. The zero-order valence-corrected chi connectivity index (χ0v) is 13.6. The van der Waals surface area contributed by atoms with E-state index in [1.807, 2.05) is 24.3 Å². The molecule has 1 heterocycles. The first-order valence-electron chi connectivity index (χ1n) is 8.17. The monoisotopic (exact) mass is 291 g/mol. The average Bonchev–Trinajstić information content (AvgIpc) is 2.55. The number of aliphatic hydroxyl groups excluding tert-OH is 1. The van der Waals surface area contributed by atoms with Crippen LogP contribution in [0.5, 0.6) is 5.75 Å². The Balaban J connectivity index is 1.94. The molecule has 21 heavy (non-hydrogen) atoms. The van der Waals surface area contributed by atoms with Gasteiger partial charge in [0.1, 0.15) is 5.75 Å². The van der Waals surface area contributed by atoms with Crippen molar-refractivity contribution >= 4 is 0 Å². The molecule has 0 amide bonds. The van der Waals surface area contributed by atoms with Crippen molar-refractivity contribution in [1.29, 1.82) is 0 Å². The van der Waals surface area contributed by atoms with E-state index in [0.29, 0.717) is 12.0 Å². The Morgan fingerprint density at radius 1 is 1.19 bits per heavy atom. The maximum Gasteiger partial charge on any atom is 0.124 e. The number of nitrogens with zero attached hydrogens (tertiary/aromatic N) is 1. The molecule has 0 aromatic heterocycles. The van der Waals surface area contributed by atoms with Gasteiger partial charge in [0.25, 0.3) is 0 Å². The first-order chi connectivity index (χ1) is 10.1. The molecule has 3 nitrogen and oxygen atoms in total. The van der Waals surface area contributed by atoms with Crippen molar-refractivity contribution in [3.8, 4) is 5.75 Å². The van der Waals surface area contributed by atoms with Gasteiger partial charge >= 0.3 is 0 Å². The number of rotatable bonds is 6. The molecule has 3 heteroatoms. The number of aliphatic hydroxyl groups is 1. The summed E-state index contributed by atoms with van der Waals surface area (Å²) in [6, 6.07) is 7.76. The summed E-state index contributed by atoms with van der Waals surface area (Å²) in [5.74, 6) is 0.776. The number of ether oxygens (including phenoxy) is 1. The lowest BCUT2D eigenvalue weighted by molar-refractivity contribution is 0.0524. The summed E-state index contributed by atoms with van der Waals surface area (Å²) in [6.45, 7) is 7.50. The topological polar surface area (TPSA) is 32.7 Å². The van der Waals surface area contributed by atoms with Crippen LogP contribution in [0.15, 0.2) is 24.3 Å². The summed E-state index contributed by atoms with van der Waals surface area (Å²) in [7, 11) is 1.66. The standard InChI is InChI=1S/C18H29NO2/c1-4-18(5-2)10-12-19(13-11-18)14-16(20)15-8-6-7-9-17(15)21-3/h6-9,16,20H,4-5,10-14H2,1-3H3. The second kappa shape index (κ2) is 7.28. The number of β-amino-alcohol motifs (C(OH)–C–C–N with tert-alkyl or cyclic N) is 1. The van der Waals surface area contributed by atoms with Gasteiger partial charge in [-0.2, -0.15) is 0 Å². The molecule has 1 aromatic carbocycles. The fourth-order valence-corrected chi connectivity index (χ4v) is 3.45. The smallest absolute Gasteiger partial charge is 0.124 e.